The number of hydrogen-bond donors (Lipinski definition) is 2. The lowest BCUT2D eigenvalue weighted by molar-refractivity contribution is -0.138. The number of rotatable bonds is 4. The molecule has 2 atom stereocenters. The number of amides is 1. The number of nitrogens with zero attached hydrogens (tertiary/aromatic N) is 1. The summed E-state index contributed by atoms with van der Waals surface area (Å²) in [6.07, 6.45) is 0.347. The van der Waals surface area contributed by atoms with Gasteiger partial charge >= 0.3 is 5.97 Å². The van der Waals surface area contributed by atoms with Gasteiger partial charge in [-0.05, 0) is 30.7 Å². The van der Waals surface area contributed by atoms with Crippen molar-refractivity contribution in [2.75, 3.05) is 13.7 Å². The molecule has 2 unspecified atom stereocenters. The third-order valence-corrected chi connectivity index (χ3v) is 4.69. The number of halogens is 1. The number of carbonyl (C=O) groups is 2. The van der Waals surface area contributed by atoms with E-state index in [2.05, 4.69) is 20.9 Å². The molecule has 7 heteroatoms. The number of carboxylic acid groups (broad SMARTS) is 1. The molecule has 2 N–H and O–H groups in total. The van der Waals surface area contributed by atoms with Crippen molar-refractivity contribution >= 4 is 38.7 Å². The van der Waals surface area contributed by atoms with Crippen LogP contribution in [0.1, 0.15) is 23.3 Å². The standard InChI is InChI=1S/C16H17BrN2O4/c1-23-12-6-11(7-15(20)21)19(8-12)16(22)14-5-9-4-10(17)2-3-13(9)18-14/h2-5,11-12,18H,6-8H2,1H3,(H,20,21). The zero-order valence-electron chi connectivity index (χ0n) is 12.6. The predicted molar refractivity (Wildman–Crippen MR) is 88.5 cm³/mol. The lowest BCUT2D eigenvalue weighted by Gasteiger charge is -2.22. The Hall–Kier alpha value is -1.86. The summed E-state index contributed by atoms with van der Waals surface area (Å²) in [5.41, 5.74) is 1.33. The Labute approximate surface area is 141 Å². The first-order valence-electron chi connectivity index (χ1n) is 7.31. The number of methoxy groups -OCH3 is 1. The van der Waals surface area contributed by atoms with E-state index in [1.165, 1.54) is 0 Å². The number of carbonyl (C=O) groups excluding carboxylic acids is 1. The van der Waals surface area contributed by atoms with E-state index >= 15 is 0 Å². The van der Waals surface area contributed by atoms with Crippen molar-refractivity contribution in [1.29, 1.82) is 0 Å². The zero-order chi connectivity index (χ0) is 16.6. The Balaban J connectivity index is 1.88. The van der Waals surface area contributed by atoms with Gasteiger partial charge in [-0.25, -0.2) is 0 Å². The first-order valence-corrected chi connectivity index (χ1v) is 8.11. The molecular weight excluding hydrogens is 364 g/mol. The molecule has 0 aliphatic carbocycles. The van der Waals surface area contributed by atoms with Gasteiger partial charge in [0, 0.05) is 35.1 Å². The lowest BCUT2D eigenvalue weighted by Crippen LogP contribution is -2.37. The van der Waals surface area contributed by atoms with Gasteiger partial charge in [0.2, 0.25) is 0 Å². The maximum Gasteiger partial charge on any atom is 0.305 e. The first kappa shape index (κ1) is 16.0. The molecule has 0 saturated carbocycles. The minimum absolute atomic E-state index is 0.0720. The van der Waals surface area contributed by atoms with Crippen molar-refractivity contribution in [3.8, 4) is 0 Å². The van der Waals surface area contributed by atoms with Gasteiger partial charge in [0.15, 0.2) is 0 Å². The van der Waals surface area contributed by atoms with Gasteiger partial charge in [-0.3, -0.25) is 9.59 Å². The van der Waals surface area contributed by atoms with Crippen molar-refractivity contribution in [2.45, 2.75) is 25.0 Å². The molecule has 6 nitrogen and oxygen atoms in total. The number of aliphatic carboxylic acids is 1. The van der Waals surface area contributed by atoms with Gasteiger partial charge in [-0.15, -0.1) is 0 Å². The van der Waals surface area contributed by atoms with E-state index in [0.717, 1.165) is 15.4 Å². The van der Waals surface area contributed by atoms with Crippen LogP contribution in [0.2, 0.25) is 0 Å². The van der Waals surface area contributed by atoms with Crippen molar-refractivity contribution in [3.63, 3.8) is 0 Å². The third-order valence-electron chi connectivity index (χ3n) is 4.19. The molecule has 1 aliphatic rings. The number of fused-ring (bicyclic) bond motifs is 1. The summed E-state index contributed by atoms with van der Waals surface area (Å²) in [5.74, 6) is -1.10. The molecule has 1 aromatic carbocycles. The number of aromatic amines is 1. The average molecular weight is 381 g/mol. The highest BCUT2D eigenvalue weighted by Crippen LogP contribution is 2.26. The van der Waals surface area contributed by atoms with Crippen molar-refractivity contribution in [1.82, 2.24) is 9.88 Å². The van der Waals surface area contributed by atoms with Crippen LogP contribution in [0.15, 0.2) is 28.7 Å². The molecule has 2 aromatic rings. The molecule has 2 heterocycles. The summed E-state index contributed by atoms with van der Waals surface area (Å²) in [7, 11) is 1.58. The maximum atomic E-state index is 12.8. The highest BCUT2D eigenvalue weighted by Gasteiger charge is 2.37. The summed E-state index contributed by atoms with van der Waals surface area (Å²) in [6, 6.07) is 7.17. The van der Waals surface area contributed by atoms with Crippen LogP contribution in [0.25, 0.3) is 10.9 Å². The quantitative estimate of drug-likeness (QED) is 0.853. The Morgan fingerprint density at radius 3 is 2.91 bits per heavy atom. The summed E-state index contributed by atoms with van der Waals surface area (Å²) < 4.78 is 6.25. The van der Waals surface area contributed by atoms with Crippen molar-refractivity contribution in [3.05, 3.63) is 34.4 Å². The Morgan fingerprint density at radius 1 is 1.43 bits per heavy atom. The molecule has 1 fully saturated rings. The van der Waals surface area contributed by atoms with Crippen LogP contribution in [0.4, 0.5) is 0 Å². The van der Waals surface area contributed by atoms with E-state index < -0.39 is 5.97 Å². The molecule has 1 aromatic heterocycles. The number of likely N-dealkylation sites (tertiary alicyclic amines) is 1. The number of H-pyrrole nitrogens is 1. The minimum Gasteiger partial charge on any atom is -0.481 e. The van der Waals surface area contributed by atoms with Crippen LogP contribution in [-0.2, 0) is 9.53 Å². The van der Waals surface area contributed by atoms with E-state index in [1.807, 2.05) is 18.2 Å². The summed E-state index contributed by atoms with van der Waals surface area (Å²) >= 11 is 3.41. The summed E-state index contributed by atoms with van der Waals surface area (Å²) in [4.78, 5) is 28.5. The van der Waals surface area contributed by atoms with Crippen LogP contribution in [0.5, 0.6) is 0 Å². The van der Waals surface area contributed by atoms with Gasteiger partial charge < -0.3 is 19.7 Å². The molecule has 0 bridgehead atoms. The van der Waals surface area contributed by atoms with E-state index in [4.69, 9.17) is 9.84 Å². The van der Waals surface area contributed by atoms with E-state index in [0.29, 0.717) is 18.7 Å². The number of benzene rings is 1. The zero-order valence-corrected chi connectivity index (χ0v) is 14.2. The van der Waals surface area contributed by atoms with Gasteiger partial charge in [-0.2, -0.15) is 0 Å². The number of carboxylic acids is 1. The van der Waals surface area contributed by atoms with Crippen LogP contribution in [0.3, 0.4) is 0 Å². The van der Waals surface area contributed by atoms with Gasteiger partial charge in [0.05, 0.1) is 12.5 Å². The van der Waals surface area contributed by atoms with Gasteiger partial charge in [0.1, 0.15) is 5.69 Å². The van der Waals surface area contributed by atoms with Crippen LogP contribution < -0.4 is 0 Å². The van der Waals surface area contributed by atoms with Crippen LogP contribution in [0, 0.1) is 0 Å². The fourth-order valence-electron chi connectivity index (χ4n) is 3.06. The van der Waals surface area contributed by atoms with E-state index in [-0.39, 0.29) is 24.5 Å². The fourth-order valence-corrected chi connectivity index (χ4v) is 3.44. The van der Waals surface area contributed by atoms with E-state index in [1.54, 1.807) is 18.1 Å². The molecule has 0 radical (unpaired) electrons. The Bertz CT molecular complexity index is 758. The fraction of sp³-hybridized carbons (Fsp3) is 0.375. The molecule has 3 rings (SSSR count). The van der Waals surface area contributed by atoms with Crippen LogP contribution >= 0.6 is 15.9 Å². The molecule has 23 heavy (non-hydrogen) atoms. The summed E-state index contributed by atoms with van der Waals surface area (Å²) in [6.45, 7) is 0.409. The highest BCUT2D eigenvalue weighted by atomic mass is 79.9. The molecule has 1 saturated heterocycles. The topological polar surface area (TPSA) is 82.6 Å². The SMILES string of the molecule is COC1CC(CC(=O)O)N(C(=O)c2cc3cc(Br)ccc3[nH]2)C1. The first-order chi connectivity index (χ1) is 11.0. The molecular formula is C16H17BrN2O4. The highest BCUT2D eigenvalue weighted by molar-refractivity contribution is 9.10. The van der Waals surface area contributed by atoms with Gasteiger partial charge in [0.25, 0.3) is 5.91 Å². The normalized spacial score (nSPS) is 21.0. The van der Waals surface area contributed by atoms with Crippen molar-refractivity contribution in [2.24, 2.45) is 0 Å². The monoisotopic (exact) mass is 380 g/mol. The molecule has 0 spiro atoms. The number of hydrogen-bond acceptors (Lipinski definition) is 3. The predicted octanol–water partition coefficient (Wildman–Crippen LogP) is 2.63. The third kappa shape index (κ3) is 3.25. The Kier molecular flexibility index (Phi) is 4.41. The van der Waals surface area contributed by atoms with Gasteiger partial charge in [-0.1, -0.05) is 15.9 Å². The smallest absolute Gasteiger partial charge is 0.305 e. The summed E-state index contributed by atoms with van der Waals surface area (Å²) in [5, 5.41) is 9.99. The second-order valence-electron chi connectivity index (χ2n) is 5.72. The minimum atomic E-state index is -0.912. The maximum absolute atomic E-state index is 12.8. The second-order valence-corrected chi connectivity index (χ2v) is 6.63. The second kappa shape index (κ2) is 6.33. The van der Waals surface area contributed by atoms with Crippen molar-refractivity contribution < 1.29 is 19.4 Å². The van der Waals surface area contributed by atoms with Crippen LogP contribution in [-0.4, -0.2) is 52.7 Å². The average Bonchev–Trinajstić information content (AvgIpc) is 3.09. The van der Waals surface area contributed by atoms with E-state index in [9.17, 15) is 9.59 Å². The molecule has 1 amide bonds. The number of nitrogens with one attached hydrogen (secondary N) is 1. The lowest BCUT2D eigenvalue weighted by atomic mass is 10.1. The number of aromatic nitrogens is 1. The largest absolute Gasteiger partial charge is 0.481 e. The molecule has 1 aliphatic heterocycles. The number of ether oxygens (including phenoxy) is 1. The Morgan fingerprint density at radius 2 is 2.22 bits per heavy atom. The molecule has 122 valence electrons.